The van der Waals surface area contributed by atoms with Gasteiger partial charge in [-0.1, -0.05) is 17.3 Å². The first-order chi connectivity index (χ1) is 14.5. The lowest BCUT2D eigenvalue weighted by molar-refractivity contribution is -0.123. The zero-order valence-corrected chi connectivity index (χ0v) is 18.6. The highest BCUT2D eigenvalue weighted by Gasteiger charge is 2.56. The molecule has 1 aliphatic rings. The Hall–Kier alpha value is -1.30. The number of H-pyrrole nitrogens is 1. The third-order valence-electron chi connectivity index (χ3n) is 3.59. The van der Waals surface area contributed by atoms with Gasteiger partial charge in [0.05, 0.1) is 6.61 Å². The highest BCUT2D eigenvalue weighted by molar-refractivity contribution is 7.71. The lowest BCUT2D eigenvalue weighted by Gasteiger charge is -2.27. The zero-order chi connectivity index (χ0) is 24.5. The third-order valence-corrected chi connectivity index (χ3v) is 7.61. The maximum atomic E-state index is 12.0. The Labute approximate surface area is 180 Å². The first kappa shape index (κ1) is 26.9. The van der Waals surface area contributed by atoms with Crippen LogP contribution in [0.4, 0.5) is 0 Å². The van der Waals surface area contributed by atoms with Crippen LogP contribution in [0.2, 0.25) is 0 Å². The summed E-state index contributed by atoms with van der Waals surface area (Å²) in [6, 6.07) is 1.21. The normalized spacial score (nSPS) is 29.6. The van der Waals surface area contributed by atoms with Crippen LogP contribution in [0, 0.1) is 4.64 Å². The SMILES string of the molecule is [N-]=[N+]=N[C@]1(COP(=O)(O)OP(=O)(O)OP(=O)(O)O)O[C@@H](n2ccc(=S)[nH]c2=O)C(O)[C@H]1O. The highest BCUT2D eigenvalue weighted by Crippen LogP contribution is 2.66. The minimum absolute atomic E-state index is 0.00764. The molecular formula is C9H14N5O14P3S. The molecule has 1 aromatic rings. The predicted octanol–water partition coefficient (Wildman–Crippen LogP) is -0.494. The van der Waals surface area contributed by atoms with E-state index in [0.717, 1.165) is 6.20 Å². The van der Waals surface area contributed by atoms with Crippen LogP contribution in [-0.4, -0.2) is 63.9 Å². The fourth-order valence-corrected chi connectivity index (χ4v) is 5.60. The lowest BCUT2D eigenvalue weighted by Crippen LogP contribution is -2.44. The summed E-state index contributed by atoms with van der Waals surface area (Å²) in [5, 5.41) is 23.6. The molecule has 180 valence electrons. The van der Waals surface area contributed by atoms with Crippen molar-refractivity contribution in [3.05, 3.63) is 37.8 Å². The number of rotatable bonds is 9. The Morgan fingerprint density at radius 2 is 1.88 bits per heavy atom. The quantitative estimate of drug-likeness (QED) is 0.0682. The molecule has 0 radical (unpaired) electrons. The van der Waals surface area contributed by atoms with Gasteiger partial charge in [0.1, 0.15) is 16.8 Å². The summed E-state index contributed by atoms with van der Waals surface area (Å²) in [5.74, 6) is 0. The molecule has 6 atom stereocenters. The van der Waals surface area contributed by atoms with Gasteiger partial charge in [-0.15, -0.1) is 0 Å². The number of aromatic nitrogens is 2. The maximum absolute atomic E-state index is 12.0. The molecule has 3 unspecified atom stereocenters. The number of nitrogens with zero attached hydrogens (tertiary/aromatic N) is 4. The van der Waals surface area contributed by atoms with Gasteiger partial charge in [-0.25, -0.2) is 18.5 Å². The van der Waals surface area contributed by atoms with E-state index in [0.29, 0.717) is 4.57 Å². The number of hydrogen-bond donors (Lipinski definition) is 7. The van der Waals surface area contributed by atoms with E-state index in [1.54, 1.807) is 0 Å². The zero-order valence-electron chi connectivity index (χ0n) is 15.1. The van der Waals surface area contributed by atoms with Crippen molar-refractivity contribution < 1.29 is 61.4 Å². The van der Waals surface area contributed by atoms with Crippen LogP contribution < -0.4 is 5.69 Å². The number of hydrogen-bond acceptors (Lipinski definition) is 12. The fraction of sp³-hybridized carbons (Fsp3) is 0.556. The number of ether oxygens (including phenoxy) is 1. The molecule has 2 heterocycles. The number of aliphatic hydroxyl groups is 2. The molecule has 0 amide bonds. The van der Waals surface area contributed by atoms with E-state index >= 15 is 0 Å². The fourth-order valence-electron chi connectivity index (χ4n) is 2.40. The van der Waals surface area contributed by atoms with Crippen LogP contribution in [0.5, 0.6) is 0 Å². The molecule has 0 aliphatic carbocycles. The number of aliphatic hydroxyl groups excluding tert-OH is 2. The van der Waals surface area contributed by atoms with E-state index in [9.17, 15) is 33.6 Å². The monoisotopic (exact) mass is 541 g/mol. The number of phosphoric ester groups is 1. The van der Waals surface area contributed by atoms with Gasteiger partial charge in [-0.05, 0) is 11.6 Å². The Morgan fingerprint density at radius 3 is 2.41 bits per heavy atom. The first-order valence-electron chi connectivity index (χ1n) is 7.71. The molecule has 23 heteroatoms. The lowest BCUT2D eigenvalue weighted by atomic mass is 10.1. The van der Waals surface area contributed by atoms with Crippen LogP contribution in [-0.2, 0) is 31.6 Å². The van der Waals surface area contributed by atoms with Gasteiger partial charge in [0.15, 0.2) is 6.23 Å². The van der Waals surface area contributed by atoms with Crippen molar-refractivity contribution in [3.8, 4) is 0 Å². The van der Waals surface area contributed by atoms with Crippen molar-refractivity contribution in [2.24, 2.45) is 5.11 Å². The minimum atomic E-state index is -5.85. The summed E-state index contributed by atoms with van der Waals surface area (Å²) in [7, 11) is -17.2. The van der Waals surface area contributed by atoms with Crippen molar-refractivity contribution in [3.63, 3.8) is 0 Å². The molecule has 1 aliphatic heterocycles. The second kappa shape index (κ2) is 9.52. The summed E-state index contributed by atoms with van der Waals surface area (Å²) >= 11 is 4.75. The Kier molecular flexibility index (Phi) is 8.01. The number of aromatic amines is 1. The first-order valence-corrected chi connectivity index (χ1v) is 12.6. The van der Waals surface area contributed by atoms with Gasteiger partial charge >= 0.3 is 29.2 Å². The second-order valence-corrected chi connectivity index (χ2v) is 10.7. The van der Waals surface area contributed by atoms with Crippen molar-refractivity contribution >= 4 is 35.7 Å². The van der Waals surface area contributed by atoms with Crippen molar-refractivity contribution in [2.75, 3.05) is 6.61 Å². The summed E-state index contributed by atoms with van der Waals surface area (Å²) in [6.45, 7) is -1.42. The molecule has 7 N–H and O–H groups in total. The maximum Gasteiger partial charge on any atom is 0.490 e. The average Bonchev–Trinajstić information content (AvgIpc) is 2.83. The molecule has 1 aromatic heterocycles. The summed E-state index contributed by atoms with van der Waals surface area (Å²) in [5.41, 5.74) is 5.17. The molecular weight excluding hydrogens is 527 g/mol. The van der Waals surface area contributed by atoms with Crippen molar-refractivity contribution in [2.45, 2.75) is 24.2 Å². The van der Waals surface area contributed by atoms with Crippen LogP contribution in [0.15, 0.2) is 22.2 Å². The van der Waals surface area contributed by atoms with E-state index in [2.05, 4.69) is 28.2 Å². The minimum Gasteiger partial charge on any atom is -0.387 e. The summed E-state index contributed by atoms with van der Waals surface area (Å²) in [4.78, 5) is 52.2. The van der Waals surface area contributed by atoms with Crippen LogP contribution in [0.1, 0.15) is 6.23 Å². The number of phosphoric acid groups is 3. The van der Waals surface area contributed by atoms with Crippen LogP contribution in [0.3, 0.4) is 0 Å². The highest BCUT2D eigenvalue weighted by atomic mass is 32.1. The largest absolute Gasteiger partial charge is 0.490 e. The van der Waals surface area contributed by atoms with E-state index < -0.39 is 59.9 Å². The van der Waals surface area contributed by atoms with Gasteiger partial charge in [0.25, 0.3) is 0 Å². The number of nitrogens with one attached hydrogen (secondary N) is 1. The predicted molar refractivity (Wildman–Crippen MR) is 99.7 cm³/mol. The van der Waals surface area contributed by atoms with E-state index in [1.165, 1.54) is 6.07 Å². The molecule has 2 rings (SSSR count). The number of azide groups is 1. The van der Waals surface area contributed by atoms with Gasteiger partial charge in [0, 0.05) is 11.1 Å². The molecule has 0 spiro atoms. The Balaban J connectivity index is 2.28. The van der Waals surface area contributed by atoms with Crippen LogP contribution >= 0.6 is 35.7 Å². The Bertz CT molecular complexity index is 1170. The topological polar surface area (TPSA) is 296 Å². The Morgan fingerprint density at radius 1 is 1.25 bits per heavy atom. The van der Waals surface area contributed by atoms with Crippen molar-refractivity contribution in [1.29, 1.82) is 0 Å². The molecule has 1 saturated heterocycles. The summed E-state index contributed by atoms with van der Waals surface area (Å²) in [6.07, 6.45) is -4.85. The average molecular weight is 541 g/mol. The molecule has 19 nitrogen and oxygen atoms in total. The van der Waals surface area contributed by atoms with E-state index in [-0.39, 0.29) is 4.64 Å². The molecule has 32 heavy (non-hydrogen) atoms. The third kappa shape index (κ3) is 6.61. The van der Waals surface area contributed by atoms with Gasteiger partial charge in [-0.3, -0.25) is 14.1 Å². The smallest absolute Gasteiger partial charge is 0.387 e. The van der Waals surface area contributed by atoms with Crippen LogP contribution in [0.25, 0.3) is 10.4 Å². The molecule has 0 bridgehead atoms. The van der Waals surface area contributed by atoms with E-state index in [4.69, 9.17) is 37.2 Å². The van der Waals surface area contributed by atoms with E-state index in [1.807, 2.05) is 0 Å². The second-order valence-electron chi connectivity index (χ2n) is 5.86. The van der Waals surface area contributed by atoms with Gasteiger partial charge in [0.2, 0.25) is 5.72 Å². The standard InChI is InChI=1S/C9H14N5O14P3S/c10-13-12-9(3-25-30(21,22)28-31(23,24)27-29(18,19)20)6(16)5(15)7(26-9)14-2-1-4(32)11-8(14)17/h1-2,5-7,15-16H,3H2,(H,21,22)(H,23,24)(H,11,17,32)(H2,18,19,20)/t5?,6-,7-,9-/m1/s1. The van der Waals surface area contributed by atoms with Crippen molar-refractivity contribution in [1.82, 2.24) is 9.55 Å². The molecule has 0 saturated carbocycles. The van der Waals surface area contributed by atoms with Gasteiger partial charge in [-0.2, -0.15) is 8.62 Å². The molecule has 1 fully saturated rings. The van der Waals surface area contributed by atoms with Gasteiger partial charge < -0.3 is 34.5 Å². The summed E-state index contributed by atoms with van der Waals surface area (Å²) < 4.78 is 51.2. The molecule has 0 aromatic carbocycles.